The van der Waals surface area contributed by atoms with Crippen molar-refractivity contribution in [3.05, 3.63) is 68.8 Å². The molecule has 0 amide bonds. The molecular weight excluding hydrogens is 492 g/mol. The van der Waals surface area contributed by atoms with Gasteiger partial charge in [-0.3, -0.25) is 9.36 Å². The molecule has 4 aromatic rings. The van der Waals surface area contributed by atoms with Crippen molar-refractivity contribution in [1.82, 2.24) is 9.55 Å². The minimum absolute atomic E-state index is 0.0273. The van der Waals surface area contributed by atoms with E-state index in [9.17, 15) is 4.79 Å². The van der Waals surface area contributed by atoms with Gasteiger partial charge in [0, 0.05) is 10.6 Å². The highest BCUT2D eigenvalue weighted by Gasteiger charge is 2.20. The summed E-state index contributed by atoms with van der Waals surface area (Å²) < 4.78 is 18.7. The van der Waals surface area contributed by atoms with Crippen LogP contribution in [0.3, 0.4) is 0 Å². The number of aromatic nitrogens is 2. The van der Waals surface area contributed by atoms with Gasteiger partial charge in [0.25, 0.3) is 5.56 Å². The molecule has 36 heavy (non-hydrogen) atoms. The molecule has 190 valence electrons. The standard InChI is InChI=1S/C28H32N2O4S2/c1-6-14-33-20-8-10-21(11-9-20)34-15-16-35-28-29-26-25(23(7-2)19(4)36-26)27(31)30(28)24-13-12-22(32-5)17-18(24)3/h8-13,17H,6-7,14-16H2,1-5H3. The van der Waals surface area contributed by atoms with Gasteiger partial charge in [0.2, 0.25) is 0 Å². The van der Waals surface area contributed by atoms with Gasteiger partial charge in [-0.05, 0) is 80.3 Å². The van der Waals surface area contributed by atoms with Crippen LogP contribution in [-0.4, -0.2) is 35.6 Å². The highest BCUT2D eigenvalue weighted by Crippen LogP contribution is 2.31. The fourth-order valence-electron chi connectivity index (χ4n) is 4.08. The number of hydrogen-bond donors (Lipinski definition) is 0. The number of rotatable bonds is 11. The summed E-state index contributed by atoms with van der Waals surface area (Å²) in [5, 5.41) is 1.39. The van der Waals surface area contributed by atoms with Crippen molar-refractivity contribution in [2.24, 2.45) is 0 Å². The van der Waals surface area contributed by atoms with Gasteiger partial charge in [-0.25, -0.2) is 4.98 Å². The second kappa shape index (κ2) is 11.8. The van der Waals surface area contributed by atoms with Crippen LogP contribution in [0, 0.1) is 13.8 Å². The zero-order chi connectivity index (χ0) is 25.7. The number of nitrogens with zero attached hydrogens (tertiary/aromatic N) is 2. The maximum Gasteiger partial charge on any atom is 0.267 e. The molecule has 0 saturated carbocycles. The van der Waals surface area contributed by atoms with Crippen molar-refractivity contribution in [3.63, 3.8) is 0 Å². The van der Waals surface area contributed by atoms with Crippen LogP contribution in [0.4, 0.5) is 0 Å². The monoisotopic (exact) mass is 524 g/mol. The van der Waals surface area contributed by atoms with Crippen molar-refractivity contribution >= 4 is 33.3 Å². The van der Waals surface area contributed by atoms with Gasteiger partial charge >= 0.3 is 0 Å². The first kappa shape index (κ1) is 26.1. The van der Waals surface area contributed by atoms with Crippen LogP contribution >= 0.6 is 23.1 Å². The van der Waals surface area contributed by atoms with E-state index in [1.165, 1.54) is 11.8 Å². The lowest BCUT2D eigenvalue weighted by atomic mass is 10.1. The second-order valence-electron chi connectivity index (χ2n) is 8.37. The number of thiophene rings is 1. The predicted octanol–water partition coefficient (Wildman–Crippen LogP) is 6.59. The smallest absolute Gasteiger partial charge is 0.267 e. The molecule has 0 aliphatic heterocycles. The highest BCUT2D eigenvalue weighted by atomic mass is 32.2. The molecule has 6 nitrogen and oxygen atoms in total. The molecule has 4 rings (SSSR count). The molecule has 0 aliphatic carbocycles. The second-order valence-corrected chi connectivity index (χ2v) is 10.6. The predicted molar refractivity (Wildman–Crippen MR) is 149 cm³/mol. The Labute approximate surface area is 220 Å². The number of fused-ring (bicyclic) bond motifs is 1. The number of benzene rings is 2. The minimum Gasteiger partial charge on any atom is -0.497 e. The van der Waals surface area contributed by atoms with Crippen LogP contribution in [0.15, 0.2) is 52.4 Å². The summed E-state index contributed by atoms with van der Waals surface area (Å²) in [4.78, 5) is 20.7. The van der Waals surface area contributed by atoms with E-state index >= 15 is 0 Å². The third kappa shape index (κ3) is 5.55. The van der Waals surface area contributed by atoms with Gasteiger partial charge in [-0.2, -0.15) is 0 Å². The van der Waals surface area contributed by atoms with Crippen LogP contribution in [-0.2, 0) is 6.42 Å². The molecule has 0 radical (unpaired) electrons. The van der Waals surface area contributed by atoms with E-state index in [1.807, 2.05) is 49.4 Å². The maximum absolute atomic E-state index is 13.9. The Morgan fingerprint density at radius 3 is 2.25 bits per heavy atom. The molecule has 8 heteroatoms. The highest BCUT2D eigenvalue weighted by molar-refractivity contribution is 7.99. The van der Waals surface area contributed by atoms with Crippen LogP contribution in [0.1, 0.15) is 36.3 Å². The topological polar surface area (TPSA) is 62.6 Å². The summed E-state index contributed by atoms with van der Waals surface area (Å²) in [6, 6.07) is 13.4. The number of methoxy groups -OCH3 is 1. The van der Waals surface area contributed by atoms with Crippen LogP contribution in [0.5, 0.6) is 17.2 Å². The van der Waals surface area contributed by atoms with Gasteiger partial charge in [0.05, 0.1) is 31.4 Å². The lowest BCUT2D eigenvalue weighted by Gasteiger charge is -2.15. The van der Waals surface area contributed by atoms with Crippen molar-refractivity contribution in [2.75, 3.05) is 26.1 Å². The van der Waals surface area contributed by atoms with Crippen LogP contribution < -0.4 is 19.8 Å². The zero-order valence-corrected chi connectivity index (χ0v) is 23.1. The quantitative estimate of drug-likeness (QED) is 0.125. The Morgan fingerprint density at radius 1 is 0.972 bits per heavy atom. The largest absolute Gasteiger partial charge is 0.497 e. The Morgan fingerprint density at radius 2 is 1.64 bits per heavy atom. The normalized spacial score (nSPS) is 11.1. The third-order valence-corrected chi connectivity index (χ3v) is 7.82. The SMILES string of the molecule is CCCOc1ccc(OCCSc2nc3sc(C)c(CC)c3c(=O)n2-c2ccc(OC)cc2C)cc1. The molecule has 0 bridgehead atoms. The maximum atomic E-state index is 13.9. The number of aryl methyl sites for hydroxylation is 3. The average Bonchev–Trinajstić information content (AvgIpc) is 3.21. The van der Waals surface area contributed by atoms with E-state index in [4.69, 9.17) is 19.2 Å². The minimum atomic E-state index is -0.0273. The third-order valence-electron chi connectivity index (χ3n) is 5.87. The molecule has 0 atom stereocenters. The van der Waals surface area contributed by atoms with Crippen molar-refractivity contribution in [3.8, 4) is 22.9 Å². The molecule has 2 aromatic heterocycles. The van der Waals surface area contributed by atoms with E-state index in [0.29, 0.717) is 24.1 Å². The fourth-order valence-corrected chi connectivity index (χ4v) is 6.06. The molecule has 0 aliphatic rings. The number of ether oxygens (including phenoxy) is 3. The molecule has 0 N–H and O–H groups in total. The fraction of sp³-hybridized carbons (Fsp3) is 0.357. The summed E-state index contributed by atoms with van der Waals surface area (Å²) >= 11 is 3.11. The summed E-state index contributed by atoms with van der Waals surface area (Å²) in [5.74, 6) is 3.03. The zero-order valence-electron chi connectivity index (χ0n) is 21.4. The first-order valence-electron chi connectivity index (χ1n) is 12.1. The van der Waals surface area contributed by atoms with Crippen molar-refractivity contribution in [1.29, 1.82) is 0 Å². The lowest BCUT2D eigenvalue weighted by Crippen LogP contribution is -2.23. The Hall–Kier alpha value is -2.97. The molecule has 0 spiro atoms. The van der Waals surface area contributed by atoms with E-state index in [1.54, 1.807) is 23.0 Å². The van der Waals surface area contributed by atoms with Crippen LogP contribution in [0.25, 0.3) is 15.9 Å². The Balaban J connectivity index is 1.60. The van der Waals surface area contributed by atoms with E-state index < -0.39 is 0 Å². The lowest BCUT2D eigenvalue weighted by molar-refractivity contribution is 0.314. The van der Waals surface area contributed by atoms with Gasteiger partial charge in [-0.1, -0.05) is 25.6 Å². The number of hydrogen-bond acceptors (Lipinski definition) is 7. The van der Waals surface area contributed by atoms with Crippen molar-refractivity contribution < 1.29 is 14.2 Å². The van der Waals surface area contributed by atoms with E-state index in [0.717, 1.165) is 62.0 Å². The van der Waals surface area contributed by atoms with Gasteiger partial charge in [0.1, 0.15) is 22.1 Å². The van der Waals surface area contributed by atoms with Gasteiger partial charge in [0.15, 0.2) is 5.16 Å². The Bertz CT molecular complexity index is 1390. The molecule has 0 saturated heterocycles. The molecule has 2 heterocycles. The first-order chi connectivity index (χ1) is 17.5. The van der Waals surface area contributed by atoms with Gasteiger partial charge < -0.3 is 14.2 Å². The average molecular weight is 525 g/mol. The van der Waals surface area contributed by atoms with Crippen LogP contribution in [0.2, 0.25) is 0 Å². The molecule has 0 fully saturated rings. The molecule has 0 unspecified atom stereocenters. The molecule has 2 aromatic carbocycles. The summed E-state index contributed by atoms with van der Waals surface area (Å²) in [7, 11) is 1.64. The summed E-state index contributed by atoms with van der Waals surface area (Å²) in [5.41, 5.74) is 2.82. The molecular formula is C28H32N2O4S2. The first-order valence-corrected chi connectivity index (χ1v) is 14.0. The summed E-state index contributed by atoms with van der Waals surface area (Å²) in [6.45, 7) is 9.40. The Kier molecular flexibility index (Phi) is 8.59. The van der Waals surface area contributed by atoms with Crippen molar-refractivity contribution in [2.45, 2.75) is 45.7 Å². The summed E-state index contributed by atoms with van der Waals surface area (Å²) in [6.07, 6.45) is 1.77. The van der Waals surface area contributed by atoms with Gasteiger partial charge in [-0.15, -0.1) is 11.3 Å². The number of thioether (sulfide) groups is 1. The van der Waals surface area contributed by atoms with E-state index in [2.05, 4.69) is 20.8 Å². The van der Waals surface area contributed by atoms with E-state index in [-0.39, 0.29) is 5.56 Å².